The number of carbonyl (C=O) groups excluding carboxylic acids is 1. The minimum atomic E-state index is -0.0458. The van der Waals surface area contributed by atoms with Crippen molar-refractivity contribution in [3.8, 4) is 28.7 Å². The van der Waals surface area contributed by atoms with Crippen molar-refractivity contribution in [1.29, 1.82) is 0 Å². The van der Waals surface area contributed by atoms with E-state index in [1.54, 1.807) is 39.5 Å². The molecule has 0 spiro atoms. The number of amidine groups is 1. The van der Waals surface area contributed by atoms with Gasteiger partial charge in [0.25, 0.3) is 5.91 Å². The summed E-state index contributed by atoms with van der Waals surface area (Å²) in [7, 11) is 4.77. The zero-order valence-electron chi connectivity index (χ0n) is 20.9. The third-order valence-electron chi connectivity index (χ3n) is 6.56. The van der Waals surface area contributed by atoms with Crippen LogP contribution >= 0.6 is 0 Å². The number of methoxy groups -OCH3 is 3. The maximum Gasteiger partial charge on any atom is 0.254 e. The van der Waals surface area contributed by atoms with E-state index in [1.165, 1.54) is 0 Å². The van der Waals surface area contributed by atoms with Crippen LogP contribution in [0.15, 0.2) is 65.7 Å². The van der Waals surface area contributed by atoms with Gasteiger partial charge in [-0.15, -0.1) is 0 Å². The minimum absolute atomic E-state index is 0.0401. The highest BCUT2D eigenvalue weighted by molar-refractivity contribution is 6.04. The molecule has 0 aliphatic carbocycles. The van der Waals surface area contributed by atoms with E-state index >= 15 is 0 Å². The van der Waals surface area contributed by atoms with Crippen LogP contribution in [-0.2, 0) is 0 Å². The Hall–Kier alpha value is -4.20. The summed E-state index contributed by atoms with van der Waals surface area (Å²) < 4.78 is 22.6. The van der Waals surface area contributed by atoms with Crippen LogP contribution in [0.2, 0.25) is 0 Å². The van der Waals surface area contributed by atoms with Crippen LogP contribution in [0.3, 0.4) is 0 Å². The van der Waals surface area contributed by atoms with Gasteiger partial charge in [0.2, 0.25) is 0 Å². The molecular weight excluding hydrogens is 458 g/mol. The molecule has 8 heteroatoms. The Labute approximate surface area is 210 Å². The van der Waals surface area contributed by atoms with Crippen molar-refractivity contribution in [2.45, 2.75) is 13.0 Å². The zero-order valence-corrected chi connectivity index (χ0v) is 20.9. The molecule has 0 saturated carbocycles. The van der Waals surface area contributed by atoms with Gasteiger partial charge in [-0.3, -0.25) is 4.79 Å². The monoisotopic (exact) mass is 487 g/mol. The van der Waals surface area contributed by atoms with Crippen LogP contribution in [0.1, 0.15) is 22.8 Å². The van der Waals surface area contributed by atoms with Crippen molar-refractivity contribution in [3.63, 3.8) is 0 Å². The first kappa shape index (κ1) is 23.5. The third kappa shape index (κ3) is 4.19. The number of benzene rings is 3. The summed E-state index contributed by atoms with van der Waals surface area (Å²) in [6.45, 7) is 3.85. The predicted molar refractivity (Wildman–Crippen MR) is 137 cm³/mol. The Kier molecular flexibility index (Phi) is 6.41. The molecule has 1 saturated heterocycles. The molecule has 2 aliphatic rings. The Morgan fingerprint density at radius 1 is 0.917 bits per heavy atom. The number of ether oxygens (including phenoxy) is 4. The summed E-state index contributed by atoms with van der Waals surface area (Å²) in [5.74, 6) is 3.85. The normalized spacial score (nSPS) is 16.7. The highest BCUT2D eigenvalue weighted by Gasteiger charge is 2.33. The molecule has 0 N–H and O–H groups in total. The predicted octanol–water partition coefficient (Wildman–Crippen LogP) is 4.74. The summed E-state index contributed by atoms with van der Waals surface area (Å²) in [4.78, 5) is 22.5. The Bertz CT molecular complexity index is 1320. The highest BCUT2D eigenvalue weighted by Crippen LogP contribution is 2.43. The van der Waals surface area contributed by atoms with Gasteiger partial charge in [0.1, 0.15) is 11.5 Å². The number of para-hydroxylation sites is 3. The topological polar surface area (TPSA) is 72.8 Å². The first-order valence-corrected chi connectivity index (χ1v) is 11.8. The summed E-state index contributed by atoms with van der Waals surface area (Å²) in [5, 5.41) is 0. The van der Waals surface area contributed by atoms with Crippen molar-refractivity contribution in [1.82, 2.24) is 9.80 Å². The Balaban J connectivity index is 1.44. The molecule has 3 aromatic rings. The van der Waals surface area contributed by atoms with E-state index in [0.717, 1.165) is 17.1 Å². The third-order valence-corrected chi connectivity index (χ3v) is 6.56. The number of hydrogen-bond acceptors (Lipinski definition) is 7. The van der Waals surface area contributed by atoms with Gasteiger partial charge in [-0.05, 0) is 49.4 Å². The number of piperazine rings is 1. The second kappa shape index (κ2) is 9.81. The molecule has 1 fully saturated rings. The fourth-order valence-corrected chi connectivity index (χ4v) is 4.71. The van der Waals surface area contributed by atoms with Crippen molar-refractivity contribution in [3.05, 3.63) is 71.8 Å². The second-order valence-corrected chi connectivity index (χ2v) is 8.71. The van der Waals surface area contributed by atoms with Gasteiger partial charge in [0, 0.05) is 31.2 Å². The lowest BCUT2D eigenvalue weighted by Gasteiger charge is -2.41. The summed E-state index contributed by atoms with van der Waals surface area (Å²) in [6.07, 6.45) is 0. The molecule has 5 rings (SSSR count). The minimum Gasteiger partial charge on any atom is -0.493 e. The molecular formula is C28H29N3O5. The van der Waals surface area contributed by atoms with Gasteiger partial charge in [0.05, 0.1) is 26.9 Å². The second-order valence-electron chi connectivity index (χ2n) is 8.71. The van der Waals surface area contributed by atoms with E-state index in [1.807, 2.05) is 47.4 Å². The lowest BCUT2D eigenvalue weighted by atomic mass is 10.1. The number of amides is 1. The molecule has 36 heavy (non-hydrogen) atoms. The molecule has 186 valence electrons. The van der Waals surface area contributed by atoms with Gasteiger partial charge >= 0.3 is 0 Å². The Morgan fingerprint density at radius 3 is 2.44 bits per heavy atom. The zero-order chi connectivity index (χ0) is 25.2. The van der Waals surface area contributed by atoms with Crippen LogP contribution in [0.4, 0.5) is 5.69 Å². The van der Waals surface area contributed by atoms with E-state index in [4.69, 9.17) is 23.9 Å². The lowest BCUT2D eigenvalue weighted by molar-refractivity contribution is 0.0581. The number of aliphatic imine (C=N–C) groups is 1. The maximum absolute atomic E-state index is 13.4. The number of rotatable bonds is 4. The standard InChI is InChI=1S/C28H29N3O5/c1-18-17-30(14-15-31(18)28(32)19-12-13-23(33-2)25(16-19)35-4)27-20-8-7-11-24(34-3)26(20)36-22-10-6-5-9-21(22)29-27/h5-13,16,18H,14-15,17H2,1-4H3. The van der Waals surface area contributed by atoms with Gasteiger partial charge in [-0.1, -0.05) is 18.2 Å². The molecule has 0 aromatic heterocycles. The van der Waals surface area contributed by atoms with Gasteiger partial charge < -0.3 is 28.7 Å². The summed E-state index contributed by atoms with van der Waals surface area (Å²) in [5.41, 5.74) is 2.18. The van der Waals surface area contributed by atoms with Crippen molar-refractivity contribution in [2.24, 2.45) is 4.99 Å². The highest BCUT2D eigenvalue weighted by atomic mass is 16.5. The lowest BCUT2D eigenvalue weighted by Crippen LogP contribution is -2.55. The van der Waals surface area contributed by atoms with E-state index in [9.17, 15) is 4.79 Å². The smallest absolute Gasteiger partial charge is 0.254 e. The van der Waals surface area contributed by atoms with Gasteiger partial charge in [-0.25, -0.2) is 4.99 Å². The largest absolute Gasteiger partial charge is 0.493 e. The average molecular weight is 488 g/mol. The fourth-order valence-electron chi connectivity index (χ4n) is 4.71. The Morgan fingerprint density at radius 2 is 1.69 bits per heavy atom. The summed E-state index contributed by atoms with van der Waals surface area (Å²) in [6, 6.07) is 18.7. The average Bonchev–Trinajstić information content (AvgIpc) is 3.09. The van der Waals surface area contributed by atoms with E-state index in [2.05, 4.69) is 11.8 Å². The van der Waals surface area contributed by atoms with Crippen LogP contribution in [0.5, 0.6) is 28.7 Å². The molecule has 3 aromatic carbocycles. The van der Waals surface area contributed by atoms with Crippen molar-refractivity contribution < 1.29 is 23.7 Å². The number of hydrogen-bond donors (Lipinski definition) is 0. The number of nitrogens with zero attached hydrogens (tertiary/aromatic N) is 3. The van der Waals surface area contributed by atoms with Crippen molar-refractivity contribution in [2.75, 3.05) is 41.0 Å². The SMILES string of the molecule is COc1ccc(C(=O)N2CCN(C3=Nc4ccccc4Oc4c(OC)cccc43)CC2C)cc1OC. The molecule has 8 nitrogen and oxygen atoms in total. The fraction of sp³-hybridized carbons (Fsp3) is 0.286. The van der Waals surface area contributed by atoms with Crippen LogP contribution in [0, 0.1) is 0 Å². The first-order valence-electron chi connectivity index (χ1n) is 11.8. The molecule has 1 unspecified atom stereocenters. The number of carbonyl (C=O) groups is 1. The van der Waals surface area contributed by atoms with E-state index in [-0.39, 0.29) is 11.9 Å². The summed E-state index contributed by atoms with van der Waals surface area (Å²) >= 11 is 0. The maximum atomic E-state index is 13.4. The van der Waals surface area contributed by atoms with Crippen LogP contribution in [-0.4, -0.2) is 68.5 Å². The quantitative estimate of drug-likeness (QED) is 0.529. The van der Waals surface area contributed by atoms with Crippen LogP contribution in [0.25, 0.3) is 0 Å². The van der Waals surface area contributed by atoms with Crippen LogP contribution < -0.4 is 18.9 Å². The van der Waals surface area contributed by atoms with E-state index in [0.29, 0.717) is 53.9 Å². The van der Waals surface area contributed by atoms with Gasteiger partial charge in [0.15, 0.2) is 28.7 Å². The van der Waals surface area contributed by atoms with Gasteiger partial charge in [-0.2, -0.15) is 0 Å². The molecule has 1 amide bonds. The molecule has 0 radical (unpaired) electrons. The molecule has 2 heterocycles. The molecule has 2 aliphatic heterocycles. The molecule has 0 bridgehead atoms. The first-order chi connectivity index (χ1) is 17.5. The van der Waals surface area contributed by atoms with Crippen molar-refractivity contribution >= 4 is 17.4 Å². The molecule has 1 atom stereocenters. The van der Waals surface area contributed by atoms with E-state index < -0.39 is 0 Å². The number of fused-ring (bicyclic) bond motifs is 2.